The number of hydrogen-bond acceptors (Lipinski definition) is 8. The Morgan fingerprint density at radius 2 is 1.94 bits per heavy atom. The van der Waals surface area contributed by atoms with E-state index >= 15 is 0 Å². The van der Waals surface area contributed by atoms with Crippen molar-refractivity contribution >= 4 is 52.1 Å². The molecule has 1 aromatic rings. The molecule has 34 heavy (non-hydrogen) atoms. The molecule has 0 aliphatic carbocycles. The highest BCUT2D eigenvalue weighted by Crippen LogP contribution is 2.36. The molecular formula is C23H28N4O5S2. The number of carboxylic acids is 1. The number of ether oxygens (including phenoxy) is 1. The number of amides is 1. The van der Waals surface area contributed by atoms with Crippen LogP contribution >= 0.6 is 24.0 Å². The van der Waals surface area contributed by atoms with Gasteiger partial charge in [-0.25, -0.2) is 0 Å². The summed E-state index contributed by atoms with van der Waals surface area (Å²) in [4.78, 5) is 41.0. The summed E-state index contributed by atoms with van der Waals surface area (Å²) in [5, 5.41) is 18.7. The molecule has 2 saturated heterocycles. The van der Waals surface area contributed by atoms with E-state index in [2.05, 4.69) is 4.90 Å². The van der Waals surface area contributed by atoms with Gasteiger partial charge >= 0.3 is 5.97 Å². The number of nitrogens with zero attached hydrogens (tertiary/aromatic N) is 4. The first-order valence-corrected chi connectivity index (χ1v) is 12.4. The number of thioether (sulfide) groups is 1. The largest absolute Gasteiger partial charge is 0.481 e. The van der Waals surface area contributed by atoms with Crippen LogP contribution in [0.3, 0.4) is 0 Å². The van der Waals surface area contributed by atoms with Crippen LogP contribution in [0.1, 0.15) is 50.3 Å². The van der Waals surface area contributed by atoms with Gasteiger partial charge in [0.1, 0.15) is 21.8 Å². The van der Waals surface area contributed by atoms with Crippen molar-refractivity contribution in [3.8, 4) is 6.07 Å². The van der Waals surface area contributed by atoms with Crippen molar-refractivity contribution in [3.05, 3.63) is 31.9 Å². The molecule has 9 nitrogen and oxygen atoms in total. The second-order valence-electron chi connectivity index (χ2n) is 8.45. The van der Waals surface area contributed by atoms with E-state index in [1.165, 1.54) is 4.90 Å². The van der Waals surface area contributed by atoms with E-state index in [0.717, 1.165) is 11.8 Å². The monoisotopic (exact) mass is 504 g/mol. The third-order valence-corrected chi connectivity index (χ3v) is 7.09. The summed E-state index contributed by atoms with van der Waals surface area (Å²) in [5.74, 6) is -0.741. The standard InChI is InChI=1S/C23H28N4O5S2/c1-5-7-26-20(25-11-13(2)32-14(3)12-25)16(15(4)17(10-24)21(26)30)9-18-22(31)27(23(33)34-18)8-6-19(28)29/h9,13-14H,5-8,11-12H2,1-4H3,(H,28,29). The van der Waals surface area contributed by atoms with E-state index in [-0.39, 0.29) is 46.5 Å². The number of anilines is 1. The first kappa shape index (κ1) is 25.9. The predicted octanol–water partition coefficient (Wildman–Crippen LogP) is 2.73. The number of carboxylic acid groups (broad SMARTS) is 1. The van der Waals surface area contributed by atoms with Crippen molar-refractivity contribution < 1.29 is 19.4 Å². The van der Waals surface area contributed by atoms with Gasteiger partial charge < -0.3 is 14.7 Å². The Morgan fingerprint density at radius 1 is 1.29 bits per heavy atom. The van der Waals surface area contributed by atoms with E-state index in [4.69, 9.17) is 22.1 Å². The van der Waals surface area contributed by atoms with Crippen LogP contribution < -0.4 is 10.5 Å². The van der Waals surface area contributed by atoms with Crippen LogP contribution in [0.5, 0.6) is 0 Å². The number of carbonyl (C=O) groups is 2. The highest BCUT2D eigenvalue weighted by Gasteiger charge is 2.34. The van der Waals surface area contributed by atoms with Crippen molar-refractivity contribution in [1.29, 1.82) is 5.26 Å². The van der Waals surface area contributed by atoms with Crippen molar-refractivity contribution in [3.63, 3.8) is 0 Å². The minimum Gasteiger partial charge on any atom is -0.481 e. The topological polar surface area (TPSA) is 116 Å². The zero-order valence-corrected chi connectivity index (χ0v) is 21.3. The van der Waals surface area contributed by atoms with E-state index in [1.54, 1.807) is 17.6 Å². The maximum atomic E-state index is 13.2. The molecule has 1 aromatic heterocycles. The molecular weight excluding hydrogens is 476 g/mol. The summed E-state index contributed by atoms with van der Waals surface area (Å²) >= 11 is 6.41. The number of pyridine rings is 1. The Kier molecular flexibility index (Phi) is 8.17. The Bertz CT molecular complexity index is 1140. The van der Waals surface area contributed by atoms with Gasteiger partial charge in [-0.3, -0.25) is 23.9 Å². The average Bonchev–Trinajstić information content (AvgIpc) is 3.02. The normalized spacial score (nSPS) is 21.9. The second-order valence-corrected chi connectivity index (χ2v) is 10.1. The van der Waals surface area contributed by atoms with Crippen LogP contribution in [0, 0.1) is 18.3 Å². The summed E-state index contributed by atoms with van der Waals surface area (Å²) in [7, 11) is 0. The third kappa shape index (κ3) is 5.19. The lowest BCUT2D eigenvalue weighted by Gasteiger charge is -2.39. The van der Waals surface area contributed by atoms with Crippen molar-refractivity contribution in [1.82, 2.24) is 9.47 Å². The minimum absolute atomic E-state index is 0.0134. The van der Waals surface area contributed by atoms with Crippen LogP contribution in [-0.2, 0) is 20.9 Å². The highest BCUT2D eigenvalue weighted by molar-refractivity contribution is 8.26. The summed E-state index contributed by atoms with van der Waals surface area (Å²) in [6, 6.07) is 2.04. The summed E-state index contributed by atoms with van der Waals surface area (Å²) in [6.45, 7) is 9.12. The van der Waals surface area contributed by atoms with Crippen LogP contribution in [0.15, 0.2) is 9.70 Å². The minimum atomic E-state index is -1.02. The molecule has 1 amide bonds. The van der Waals surface area contributed by atoms with Crippen LogP contribution in [0.2, 0.25) is 0 Å². The van der Waals surface area contributed by atoms with Gasteiger partial charge in [0.15, 0.2) is 0 Å². The van der Waals surface area contributed by atoms with Gasteiger partial charge in [-0.15, -0.1) is 0 Å². The number of morpholine rings is 1. The second kappa shape index (κ2) is 10.7. The first-order chi connectivity index (χ1) is 16.1. The fourth-order valence-corrected chi connectivity index (χ4v) is 5.59. The van der Waals surface area contributed by atoms with E-state index in [1.807, 2.05) is 26.8 Å². The lowest BCUT2D eigenvalue weighted by atomic mass is 10.0. The van der Waals surface area contributed by atoms with Gasteiger partial charge in [-0.05, 0) is 38.8 Å². The molecule has 0 spiro atoms. The molecule has 0 aromatic carbocycles. The number of thiocarbonyl (C=S) groups is 1. The fourth-order valence-electron chi connectivity index (χ4n) is 4.30. The van der Waals surface area contributed by atoms with Crippen LogP contribution in [0.4, 0.5) is 5.82 Å². The molecule has 2 unspecified atom stereocenters. The predicted molar refractivity (Wildman–Crippen MR) is 135 cm³/mol. The maximum absolute atomic E-state index is 13.2. The van der Waals surface area contributed by atoms with Gasteiger partial charge in [0.2, 0.25) is 0 Å². The molecule has 2 aliphatic rings. The molecule has 0 radical (unpaired) electrons. The number of carbonyl (C=O) groups excluding carboxylic acids is 1. The average molecular weight is 505 g/mol. The third-order valence-electron chi connectivity index (χ3n) is 5.71. The maximum Gasteiger partial charge on any atom is 0.305 e. The Morgan fingerprint density at radius 3 is 2.50 bits per heavy atom. The number of aromatic nitrogens is 1. The first-order valence-electron chi connectivity index (χ1n) is 11.1. The van der Waals surface area contributed by atoms with Gasteiger partial charge in [0.05, 0.1) is 23.5 Å². The van der Waals surface area contributed by atoms with Crippen LogP contribution in [0.25, 0.3) is 6.08 Å². The Balaban J connectivity index is 2.20. The highest BCUT2D eigenvalue weighted by atomic mass is 32.2. The molecule has 0 bridgehead atoms. The van der Waals surface area contributed by atoms with Gasteiger partial charge in [0, 0.05) is 31.7 Å². The molecule has 0 saturated carbocycles. The summed E-state index contributed by atoms with van der Waals surface area (Å²) < 4.78 is 7.78. The van der Waals surface area contributed by atoms with Gasteiger partial charge in [0.25, 0.3) is 11.5 Å². The van der Waals surface area contributed by atoms with E-state index < -0.39 is 5.97 Å². The zero-order chi connectivity index (χ0) is 25.2. The van der Waals surface area contributed by atoms with Gasteiger partial charge in [-0.2, -0.15) is 5.26 Å². The molecule has 3 heterocycles. The van der Waals surface area contributed by atoms with Crippen molar-refractivity contribution in [2.75, 3.05) is 24.5 Å². The summed E-state index contributed by atoms with van der Waals surface area (Å²) in [5.41, 5.74) is 0.802. The van der Waals surface area contributed by atoms with Crippen molar-refractivity contribution in [2.24, 2.45) is 0 Å². The van der Waals surface area contributed by atoms with Gasteiger partial charge in [-0.1, -0.05) is 30.9 Å². The molecule has 2 atom stereocenters. The summed E-state index contributed by atoms with van der Waals surface area (Å²) in [6.07, 6.45) is 2.03. The quantitative estimate of drug-likeness (QED) is 0.442. The number of nitriles is 1. The SMILES string of the molecule is CCCn1c(N2CC(C)OC(C)C2)c(C=C2SC(=S)N(CCC(=O)O)C2=O)c(C)c(C#N)c1=O. The smallest absolute Gasteiger partial charge is 0.305 e. The molecule has 1 N–H and O–H groups in total. The lowest BCUT2D eigenvalue weighted by Crippen LogP contribution is -2.48. The molecule has 3 rings (SSSR count). The molecule has 182 valence electrons. The van der Waals surface area contributed by atoms with E-state index in [9.17, 15) is 19.6 Å². The van der Waals surface area contributed by atoms with E-state index in [0.29, 0.717) is 47.9 Å². The Labute approximate surface area is 208 Å². The number of rotatable bonds is 7. The number of aliphatic carboxylic acids is 1. The number of hydrogen-bond donors (Lipinski definition) is 1. The lowest BCUT2D eigenvalue weighted by molar-refractivity contribution is -0.137. The fraction of sp³-hybridized carbons (Fsp3) is 0.522. The zero-order valence-electron chi connectivity index (χ0n) is 19.7. The molecule has 2 aliphatic heterocycles. The van der Waals surface area contributed by atoms with Crippen LogP contribution in [-0.4, -0.2) is 62.6 Å². The molecule has 2 fully saturated rings. The van der Waals surface area contributed by atoms with Crippen molar-refractivity contribution in [2.45, 2.75) is 59.3 Å². The molecule has 11 heteroatoms. The Hall–Kier alpha value is -2.68.